The molecule has 0 spiro atoms. The Bertz CT molecular complexity index is 899. The van der Waals surface area contributed by atoms with E-state index in [1.165, 1.54) is 0 Å². The van der Waals surface area contributed by atoms with Crippen molar-refractivity contribution in [3.05, 3.63) is 30.6 Å². The Morgan fingerprint density at radius 2 is 1.90 bits per heavy atom. The molecule has 1 aliphatic heterocycles. The molecule has 2 aromatic rings. The molecule has 168 valence electrons. The number of anilines is 2. The molecule has 1 amide bonds. The van der Waals surface area contributed by atoms with Gasteiger partial charge in [-0.15, -0.1) is 0 Å². The van der Waals surface area contributed by atoms with Gasteiger partial charge in [-0.1, -0.05) is 6.92 Å². The van der Waals surface area contributed by atoms with Crippen molar-refractivity contribution in [1.82, 2.24) is 24.8 Å². The van der Waals surface area contributed by atoms with Crippen LogP contribution in [0, 0.1) is 11.8 Å². The Kier molecular flexibility index (Phi) is 6.41. The van der Waals surface area contributed by atoms with E-state index in [1.54, 1.807) is 18.6 Å². The third-order valence-corrected chi connectivity index (χ3v) is 6.57. The largest absolute Gasteiger partial charge is 0.391 e. The van der Waals surface area contributed by atoms with E-state index in [0.29, 0.717) is 31.2 Å². The van der Waals surface area contributed by atoms with Crippen molar-refractivity contribution in [3.8, 4) is 0 Å². The van der Waals surface area contributed by atoms with Gasteiger partial charge in [-0.25, -0.2) is 15.0 Å². The lowest BCUT2D eigenvalue weighted by molar-refractivity contribution is -0.123. The molecule has 31 heavy (non-hydrogen) atoms. The van der Waals surface area contributed by atoms with Crippen molar-refractivity contribution in [2.45, 2.75) is 51.3 Å². The minimum absolute atomic E-state index is 0.0167. The highest BCUT2D eigenvalue weighted by molar-refractivity contribution is 5.76. The van der Waals surface area contributed by atoms with Gasteiger partial charge < -0.3 is 24.8 Å². The van der Waals surface area contributed by atoms with Gasteiger partial charge in [0.25, 0.3) is 0 Å². The SMILES string of the molecule is CCc1nccn1CCC(=O)N[C@H]1C[C@H]2CN(c3nccnc3N(C)C)C[C@H]2C[C@@H]1O. The number of rotatable bonds is 7. The molecule has 2 N–H and O–H groups in total. The molecular weight excluding hydrogens is 394 g/mol. The van der Waals surface area contributed by atoms with Crippen LogP contribution in [0.15, 0.2) is 24.8 Å². The van der Waals surface area contributed by atoms with Crippen molar-refractivity contribution in [1.29, 1.82) is 0 Å². The fourth-order valence-corrected chi connectivity index (χ4v) is 4.98. The predicted molar refractivity (Wildman–Crippen MR) is 119 cm³/mol. The van der Waals surface area contributed by atoms with E-state index in [1.807, 2.05) is 29.8 Å². The minimum Gasteiger partial charge on any atom is -0.391 e. The smallest absolute Gasteiger partial charge is 0.222 e. The number of aliphatic hydroxyl groups excluding tert-OH is 1. The van der Waals surface area contributed by atoms with Crippen LogP contribution in [-0.2, 0) is 17.8 Å². The lowest BCUT2D eigenvalue weighted by Gasteiger charge is -2.35. The van der Waals surface area contributed by atoms with E-state index in [0.717, 1.165) is 43.4 Å². The number of carbonyl (C=O) groups excluding carboxylic acids is 1. The summed E-state index contributed by atoms with van der Waals surface area (Å²) in [5, 5.41) is 13.8. The van der Waals surface area contributed by atoms with Crippen LogP contribution in [0.3, 0.4) is 0 Å². The van der Waals surface area contributed by atoms with Gasteiger partial charge in [-0.3, -0.25) is 4.79 Å². The van der Waals surface area contributed by atoms with Gasteiger partial charge in [0.15, 0.2) is 11.6 Å². The zero-order chi connectivity index (χ0) is 22.0. The molecule has 0 radical (unpaired) electrons. The fourth-order valence-electron chi connectivity index (χ4n) is 4.98. The summed E-state index contributed by atoms with van der Waals surface area (Å²) in [5.41, 5.74) is 0. The number of fused-ring (bicyclic) bond motifs is 1. The molecule has 4 rings (SSSR count). The molecule has 2 aliphatic rings. The van der Waals surface area contributed by atoms with Gasteiger partial charge in [0.05, 0.1) is 12.1 Å². The van der Waals surface area contributed by atoms with Crippen LogP contribution < -0.4 is 15.1 Å². The number of hydrogen-bond donors (Lipinski definition) is 2. The molecular formula is C22H33N7O2. The number of aryl methyl sites for hydroxylation is 2. The van der Waals surface area contributed by atoms with E-state index >= 15 is 0 Å². The highest BCUT2D eigenvalue weighted by Crippen LogP contribution is 2.39. The van der Waals surface area contributed by atoms with E-state index in [4.69, 9.17) is 0 Å². The Labute approximate surface area is 183 Å². The van der Waals surface area contributed by atoms with Crippen LogP contribution in [0.5, 0.6) is 0 Å². The van der Waals surface area contributed by atoms with Crippen LogP contribution >= 0.6 is 0 Å². The third-order valence-electron chi connectivity index (χ3n) is 6.57. The minimum atomic E-state index is -0.514. The summed E-state index contributed by atoms with van der Waals surface area (Å²) in [7, 11) is 3.94. The number of aliphatic hydroxyl groups is 1. The van der Waals surface area contributed by atoms with Crippen molar-refractivity contribution < 1.29 is 9.90 Å². The first-order valence-corrected chi connectivity index (χ1v) is 11.2. The molecule has 0 unspecified atom stereocenters. The first-order chi connectivity index (χ1) is 15.0. The molecule has 0 aromatic carbocycles. The molecule has 4 atom stereocenters. The highest BCUT2D eigenvalue weighted by Gasteiger charge is 2.43. The van der Waals surface area contributed by atoms with Gasteiger partial charge in [0.1, 0.15) is 5.82 Å². The summed E-state index contributed by atoms with van der Waals surface area (Å²) in [4.78, 5) is 30.2. The summed E-state index contributed by atoms with van der Waals surface area (Å²) < 4.78 is 2.02. The fraction of sp³-hybridized carbons (Fsp3) is 0.636. The number of nitrogens with zero attached hydrogens (tertiary/aromatic N) is 6. The average Bonchev–Trinajstić information content (AvgIpc) is 3.38. The zero-order valence-corrected chi connectivity index (χ0v) is 18.6. The Morgan fingerprint density at radius 1 is 1.16 bits per heavy atom. The number of hydrogen-bond acceptors (Lipinski definition) is 7. The summed E-state index contributed by atoms with van der Waals surface area (Å²) in [6.07, 6.45) is 9.33. The molecule has 1 aliphatic carbocycles. The number of imidazole rings is 1. The van der Waals surface area contributed by atoms with Crippen molar-refractivity contribution >= 4 is 17.5 Å². The van der Waals surface area contributed by atoms with E-state index in [2.05, 4.69) is 32.1 Å². The van der Waals surface area contributed by atoms with Crippen LogP contribution in [-0.4, -0.2) is 69.9 Å². The van der Waals surface area contributed by atoms with Gasteiger partial charge in [0, 0.05) is 71.4 Å². The molecule has 9 heteroatoms. The summed E-state index contributed by atoms with van der Waals surface area (Å²) in [6.45, 7) is 4.40. The maximum Gasteiger partial charge on any atom is 0.222 e. The number of amides is 1. The zero-order valence-electron chi connectivity index (χ0n) is 18.6. The Morgan fingerprint density at radius 3 is 2.65 bits per heavy atom. The molecule has 2 fully saturated rings. The molecule has 2 aromatic heterocycles. The number of nitrogens with one attached hydrogen (secondary N) is 1. The Balaban J connectivity index is 1.35. The van der Waals surface area contributed by atoms with Crippen molar-refractivity contribution in [2.24, 2.45) is 11.8 Å². The van der Waals surface area contributed by atoms with Gasteiger partial charge in [-0.2, -0.15) is 0 Å². The van der Waals surface area contributed by atoms with Crippen LogP contribution in [0.25, 0.3) is 0 Å². The molecule has 3 heterocycles. The van der Waals surface area contributed by atoms with Gasteiger partial charge in [-0.05, 0) is 24.7 Å². The molecule has 0 bridgehead atoms. The Hall–Kier alpha value is -2.68. The third kappa shape index (κ3) is 4.66. The standard InChI is InChI=1S/C22H33N7O2/c1-4-19-23-8-10-28(19)9-5-20(31)26-17-11-15-13-29(14-16(15)12-18(17)30)22-21(27(2)3)24-6-7-25-22/h6-8,10,15-18,30H,4-5,9,11-14H2,1-3H3,(H,26,31)/t15-,16+,17-,18-/m0/s1. The first-order valence-electron chi connectivity index (χ1n) is 11.2. The van der Waals surface area contributed by atoms with Gasteiger partial charge >= 0.3 is 0 Å². The second kappa shape index (κ2) is 9.21. The van der Waals surface area contributed by atoms with Crippen molar-refractivity contribution in [2.75, 3.05) is 37.0 Å². The lowest BCUT2D eigenvalue weighted by Crippen LogP contribution is -2.49. The second-order valence-corrected chi connectivity index (χ2v) is 8.88. The quantitative estimate of drug-likeness (QED) is 0.682. The van der Waals surface area contributed by atoms with Crippen LogP contribution in [0.2, 0.25) is 0 Å². The maximum atomic E-state index is 12.6. The summed E-state index contributed by atoms with van der Waals surface area (Å²) in [5.74, 6) is 3.54. The van der Waals surface area contributed by atoms with Crippen molar-refractivity contribution in [3.63, 3.8) is 0 Å². The van der Waals surface area contributed by atoms with Crippen LogP contribution in [0.4, 0.5) is 11.6 Å². The predicted octanol–water partition coefficient (Wildman–Crippen LogP) is 1.08. The first kappa shape index (κ1) is 21.5. The van der Waals surface area contributed by atoms with Gasteiger partial charge in [0.2, 0.25) is 5.91 Å². The summed E-state index contributed by atoms with van der Waals surface area (Å²) in [6, 6.07) is -0.197. The molecule has 1 saturated carbocycles. The molecule has 9 nitrogen and oxygen atoms in total. The second-order valence-electron chi connectivity index (χ2n) is 8.88. The van der Waals surface area contributed by atoms with E-state index < -0.39 is 6.10 Å². The number of aromatic nitrogens is 4. The average molecular weight is 428 g/mol. The number of carbonyl (C=O) groups is 1. The summed E-state index contributed by atoms with van der Waals surface area (Å²) >= 11 is 0. The van der Waals surface area contributed by atoms with Crippen LogP contribution in [0.1, 0.15) is 32.0 Å². The van der Waals surface area contributed by atoms with E-state index in [9.17, 15) is 9.90 Å². The maximum absolute atomic E-state index is 12.6. The highest BCUT2D eigenvalue weighted by atomic mass is 16.3. The van der Waals surface area contributed by atoms with E-state index in [-0.39, 0.29) is 11.9 Å². The monoisotopic (exact) mass is 427 g/mol. The normalized spacial score (nSPS) is 25.4. The lowest BCUT2D eigenvalue weighted by atomic mass is 9.77. The topological polar surface area (TPSA) is 99.4 Å². The molecule has 1 saturated heterocycles.